The fourth-order valence-corrected chi connectivity index (χ4v) is 2.38. The highest BCUT2D eigenvalue weighted by Gasteiger charge is 2.11. The molecule has 2 heteroatoms. The number of hydrogen-bond acceptors (Lipinski definition) is 1. The van der Waals surface area contributed by atoms with Gasteiger partial charge >= 0.3 is 0 Å². The van der Waals surface area contributed by atoms with Crippen molar-refractivity contribution in [3.05, 3.63) is 0 Å². The van der Waals surface area contributed by atoms with Crippen LogP contribution in [0.4, 0.5) is 0 Å². The molecule has 0 amide bonds. The van der Waals surface area contributed by atoms with E-state index in [1.807, 2.05) is 0 Å². The Balaban J connectivity index is 0.00000196. The average molecular weight is 234 g/mol. The van der Waals surface area contributed by atoms with Crippen LogP contribution in [0.3, 0.4) is 0 Å². The van der Waals surface area contributed by atoms with Crippen molar-refractivity contribution in [2.75, 3.05) is 13.1 Å². The first-order chi connectivity index (χ1) is 6.93. The molecule has 1 nitrogen and oxygen atoms in total. The maximum absolute atomic E-state index is 3.50. The van der Waals surface area contributed by atoms with Crippen LogP contribution in [-0.4, -0.2) is 13.1 Å². The zero-order valence-corrected chi connectivity index (χ0v) is 11.1. The van der Waals surface area contributed by atoms with Crippen LogP contribution in [0.5, 0.6) is 0 Å². The van der Waals surface area contributed by atoms with Gasteiger partial charge in [0.25, 0.3) is 0 Å². The van der Waals surface area contributed by atoms with Gasteiger partial charge in [0.2, 0.25) is 0 Å². The molecule has 0 aromatic rings. The van der Waals surface area contributed by atoms with Gasteiger partial charge in [-0.15, -0.1) is 12.4 Å². The van der Waals surface area contributed by atoms with Crippen molar-refractivity contribution in [2.24, 2.45) is 5.92 Å². The molecule has 1 rings (SSSR count). The number of halogens is 1. The molecule has 1 unspecified atom stereocenters. The van der Waals surface area contributed by atoms with Crippen molar-refractivity contribution < 1.29 is 0 Å². The maximum Gasteiger partial charge on any atom is -0.00205 e. The van der Waals surface area contributed by atoms with E-state index in [9.17, 15) is 0 Å². The molecular formula is C13H28ClN. The lowest BCUT2D eigenvalue weighted by molar-refractivity contribution is 0.345. The molecular weight excluding hydrogens is 206 g/mol. The standard InChI is InChI=1S/C13H27N.ClH/c1-2-3-4-5-6-7-9-13-10-8-11-14-12-13;/h13-14H,2-12H2,1H3;1H. The lowest BCUT2D eigenvalue weighted by Gasteiger charge is -2.22. The molecule has 15 heavy (non-hydrogen) atoms. The number of hydrogen-bond donors (Lipinski definition) is 1. The Hall–Kier alpha value is 0.250. The Morgan fingerprint density at radius 1 is 1.07 bits per heavy atom. The second kappa shape index (κ2) is 10.8. The number of nitrogens with one attached hydrogen (secondary N) is 1. The van der Waals surface area contributed by atoms with Crippen molar-refractivity contribution >= 4 is 12.4 Å². The first kappa shape index (κ1) is 15.2. The summed E-state index contributed by atoms with van der Waals surface area (Å²) in [6, 6.07) is 0. The van der Waals surface area contributed by atoms with Gasteiger partial charge in [-0.05, 0) is 38.3 Å². The van der Waals surface area contributed by atoms with Gasteiger partial charge in [-0.1, -0.05) is 45.4 Å². The molecule has 0 spiro atoms. The van der Waals surface area contributed by atoms with Gasteiger partial charge in [0.05, 0.1) is 0 Å². The summed E-state index contributed by atoms with van der Waals surface area (Å²) in [5.41, 5.74) is 0. The van der Waals surface area contributed by atoms with Crippen molar-refractivity contribution in [1.82, 2.24) is 5.32 Å². The van der Waals surface area contributed by atoms with E-state index in [1.54, 1.807) is 0 Å². The van der Waals surface area contributed by atoms with E-state index in [0.29, 0.717) is 0 Å². The summed E-state index contributed by atoms with van der Waals surface area (Å²) < 4.78 is 0. The minimum absolute atomic E-state index is 0. The van der Waals surface area contributed by atoms with Crippen molar-refractivity contribution in [2.45, 2.75) is 64.7 Å². The highest BCUT2D eigenvalue weighted by molar-refractivity contribution is 5.85. The molecule has 1 aliphatic heterocycles. The van der Waals surface area contributed by atoms with E-state index < -0.39 is 0 Å². The highest BCUT2D eigenvalue weighted by atomic mass is 35.5. The number of piperidine rings is 1. The Morgan fingerprint density at radius 2 is 1.80 bits per heavy atom. The summed E-state index contributed by atoms with van der Waals surface area (Å²) in [6.07, 6.45) is 13.0. The van der Waals surface area contributed by atoms with Crippen LogP contribution in [0.2, 0.25) is 0 Å². The van der Waals surface area contributed by atoms with Crippen LogP contribution in [-0.2, 0) is 0 Å². The molecule has 0 aromatic heterocycles. The Bertz CT molecular complexity index is 122. The van der Waals surface area contributed by atoms with Crippen LogP contribution < -0.4 is 5.32 Å². The molecule has 1 heterocycles. The van der Waals surface area contributed by atoms with Crippen LogP contribution in [0.1, 0.15) is 64.7 Å². The fraction of sp³-hybridized carbons (Fsp3) is 1.00. The maximum atomic E-state index is 3.50. The summed E-state index contributed by atoms with van der Waals surface area (Å²) in [4.78, 5) is 0. The van der Waals surface area contributed by atoms with Crippen molar-refractivity contribution in [1.29, 1.82) is 0 Å². The van der Waals surface area contributed by atoms with Gasteiger partial charge in [-0.3, -0.25) is 0 Å². The molecule has 1 atom stereocenters. The molecule has 1 N–H and O–H groups in total. The molecule has 1 fully saturated rings. The van der Waals surface area contributed by atoms with E-state index in [1.165, 1.54) is 70.9 Å². The first-order valence-corrected chi connectivity index (χ1v) is 6.64. The molecule has 1 aliphatic rings. The predicted octanol–water partition coefficient (Wildman–Crippen LogP) is 4.16. The Kier molecular flexibility index (Phi) is 10.9. The SMILES string of the molecule is CCCCCCCCC1CCCNC1.Cl. The van der Waals surface area contributed by atoms with Crippen molar-refractivity contribution in [3.63, 3.8) is 0 Å². The quantitative estimate of drug-likeness (QED) is 0.652. The third kappa shape index (κ3) is 8.10. The largest absolute Gasteiger partial charge is 0.316 e. The summed E-state index contributed by atoms with van der Waals surface area (Å²) in [7, 11) is 0. The Labute approximate surface area is 102 Å². The molecule has 92 valence electrons. The molecule has 0 aliphatic carbocycles. The van der Waals surface area contributed by atoms with Crippen LogP contribution >= 0.6 is 12.4 Å². The zero-order valence-electron chi connectivity index (χ0n) is 10.3. The zero-order chi connectivity index (χ0) is 10.1. The van der Waals surface area contributed by atoms with Crippen LogP contribution in [0.15, 0.2) is 0 Å². The van der Waals surface area contributed by atoms with E-state index in [2.05, 4.69) is 12.2 Å². The average Bonchev–Trinajstić information content (AvgIpc) is 2.25. The van der Waals surface area contributed by atoms with Gasteiger partial charge in [0.1, 0.15) is 0 Å². The Morgan fingerprint density at radius 3 is 2.47 bits per heavy atom. The van der Waals surface area contributed by atoms with E-state index in [0.717, 1.165) is 5.92 Å². The second-order valence-corrected chi connectivity index (χ2v) is 4.77. The molecule has 0 bridgehead atoms. The van der Waals surface area contributed by atoms with E-state index in [-0.39, 0.29) is 12.4 Å². The lowest BCUT2D eigenvalue weighted by atomic mass is 9.93. The minimum atomic E-state index is 0. The predicted molar refractivity (Wildman–Crippen MR) is 70.8 cm³/mol. The summed E-state index contributed by atoms with van der Waals surface area (Å²) in [6.45, 7) is 4.83. The minimum Gasteiger partial charge on any atom is -0.316 e. The van der Waals surface area contributed by atoms with Gasteiger partial charge < -0.3 is 5.32 Å². The van der Waals surface area contributed by atoms with E-state index >= 15 is 0 Å². The smallest absolute Gasteiger partial charge is 0.00205 e. The van der Waals surface area contributed by atoms with Crippen LogP contribution in [0, 0.1) is 5.92 Å². The van der Waals surface area contributed by atoms with Gasteiger partial charge in [-0.2, -0.15) is 0 Å². The second-order valence-electron chi connectivity index (χ2n) is 4.77. The van der Waals surface area contributed by atoms with Crippen LogP contribution in [0.25, 0.3) is 0 Å². The first-order valence-electron chi connectivity index (χ1n) is 6.64. The fourth-order valence-electron chi connectivity index (χ4n) is 2.38. The van der Waals surface area contributed by atoms with Gasteiger partial charge in [0.15, 0.2) is 0 Å². The third-order valence-corrected chi connectivity index (χ3v) is 3.36. The molecule has 1 saturated heterocycles. The molecule has 0 aromatic carbocycles. The van der Waals surface area contributed by atoms with Crippen molar-refractivity contribution in [3.8, 4) is 0 Å². The highest BCUT2D eigenvalue weighted by Crippen LogP contribution is 2.18. The van der Waals surface area contributed by atoms with Gasteiger partial charge in [0, 0.05) is 0 Å². The number of unbranched alkanes of at least 4 members (excludes halogenated alkanes) is 5. The van der Waals surface area contributed by atoms with Gasteiger partial charge in [-0.25, -0.2) is 0 Å². The molecule has 0 saturated carbocycles. The summed E-state index contributed by atoms with van der Waals surface area (Å²) >= 11 is 0. The third-order valence-electron chi connectivity index (χ3n) is 3.36. The topological polar surface area (TPSA) is 12.0 Å². The normalized spacial score (nSPS) is 21.0. The molecule has 0 radical (unpaired) electrons. The van der Waals surface area contributed by atoms with E-state index in [4.69, 9.17) is 0 Å². The summed E-state index contributed by atoms with van der Waals surface area (Å²) in [5, 5.41) is 3.50. The lowest BCUT2D eigenvalue weighted by Crippen LogP contribution is -2.29. The monoisotopic (exact) mass is 233 g/mol. The summed E-state index contributed by atoms with van der Waals surface area (Å²) in [5.74, 6) is 0.995. The number of rotatable bonds is 7.